The van der Waals surface area contributed by atoms with E-state index in [1.807, 2.05) is 56.3 Å². The lowest BCUT2D eigenvalue weighted by Gasteiger charge is -2.27. The molecule has 0 bridgehead atoms. The van der Waals surface area contributed by atoms with Gasteiger partial charge < -0.3 is 24.1 Å². The highest BCUT2D eigenvalue weighted by Gasteiger charge is 2.23. The van der Waals surface area contributed by atoms with E-state index in [9.17, 15) is 4.79 Å². The predicted molar refractivity (Wildman–Crippen MR) is 163 cm³/mol. The van der Waals surface area contributed by atoms with E-state index in [1.165, 1.54) is 0 Å². The van der Waals surface area contributed by atoms with E-state index in [0.717, 1.165) is 16.0 Å². The van der Waals surface area contributed by atoms with E-state index in [2.05, 4.69) is 20.2 Å². The number of rotatable bonds is 8. The van der Waals surface area contributed by atoms with Crippen molar-refractivity contribution in [2.45, 2.75) is 18.9 Å². The van der Waals surface area contributed by atoms with Gasteiger partial charge >= 0.3 is 6.09 Å². The molecule has 10 nitrogen and oxygen atoms in total. The number of pyridine rings is 2. The smallest absolute Gasteiger partial charge is 0.412 e. The van der Waals surface area contributed by atoms with Gasteiger partial charge in [0.15, 0.2) is 17.2 Å². The number of carbonyl (C=O) groups is 1. The number of aromatic nitrogens is 4. The lowest BCUT2D eigenvalue weighted by Crippen LogP contribution is -2.37. The molecule has 1 N–H and O–H groups in total. The number of ether oxygens (including phenoxy) is 2. The molecule has 0 unspecified atom stereocenters. The summed E-state index contributed by atoms with van der Waals surface area (Å²) in [6.45, 7) is 7.07. The van der Waals surface area contributed by atoms with Crippen LogP contribution >= 0.6 is 21.6 Å². The molecule has 5 aromatic rings. The molecule has 1 saturated heterocycles. The minimum atomic E-state index is -0.520. The lowest BCUT2D eigenvalue weighted by atomic mass is 10.2. The second kappa shape index (κ2) is 14.2. The number of benzene rings is 1. The van der Waals surface area contributed by atoms with Gasteiger partial charge in [-0.2, -0.15) is 0 Å². The molecule has 12 heteroatoms. The van der Waals surface area contributed by atoms with Crippen molar-refractivity contribution in [1.29, 1.82) is 0 Å². The third kappa shape index (κ3) is 7.07. The highest BCUT2D eigenvalue weighted by Crippen LogP contribution is 2.35. The van der Waals surface area contributed by atoms with Crippen LogP contribution in [-0.2, 0) is 4.74 Å². The first-order valence-corrected chi connectivity index (χ1v) is 15.7. The molecule has 4 aromatic heterocycles. The van der Waals surface area contributed by atoms with E-state index in [4.69, 9.17) is 23.9 Å². The van der Waals surface area contributed by atoms with Crippen LogP contribution in [0.4, 0.5) is 10.6 Å². The topological polar surface area (TPSA) is 116 Å². The zero-order chi connectivity index (χ0) is 28.4. The Hall–Kier alpha value is -3.87. The summed E-state index contributed by atoms with van der Waals surface area (Å²) in [7, 11) is 3.18. The molecule has 41 heavy (non-hydrogen) atoms. The maximum Gasteiger partial charge on any atom is 0.412 e. The average Bonchev–Trinajstić information content (AvgIpc) is 3.41. The normalized spacial score (nSPS) is 13.1. The minimum absolute atomic E-state index is 0.399. The molecule has 1 aliphatic heterocycles. The summed E-state index contributed by atoms with van der Waals surface area (Å²) >= 11 is 0. The van der Waals surface area contributed by atoms with Crippen LogP contribution in [0, 0.1) is 0 Å². The molecule has 1 aliphatic rings. The van der Waals surface area contributed by atoms with Gasteiger partial charge in [0.25, 0.3) is 0 Å². The number of morpholine rings is 1. The Morgan fingerprint density at radius 2 is 1.88 bits per heavy atom. The summed E-state index contributed by atoms with van der Waals surface area (Å²) in [5, 5.41) is 4.53. The van der Waals surface area contributed by atoms with Crippen molar-refractivity contribution in [2.24, 2.45) is 0 Å². The second-order valence-corrected chi connectivity index (χ2v) is 11.0. The molecule has 1 amide bonds. The SMILES string of the molecule is CC.O=C(NCCSSc1ccccn1)Oc1cccc(-c2nc(N3CCOCC3)c3oc4ncccc4c3n2)c1. The lowest BCUT2D eigenvalue weighted by molar-refractivity contribution is 0.122. The van der Waals surface area contributed by atoms with Crippen molar-refractivity contribution < 1.29 is 18.7 Å². The van der Waals surface area contributed by atoms with Gasteiger partial charge in [0.1, 0.15) is 16.3 Å². The quantitative estimate of drug-likeness (QED) is 0.164. The number of nitrogens with zero attached hydrogens (tertiary/aromatic N) is 5. The van der Waals surface area contributed by atoms with E-state index >= 15 is 0 Å². The van der Waals surface area contributed by atoms with E-state index in [0.29, 0.717) is 72.8 Å². The molecule has 6 rings (SSSR count). The Morgan fingerprint density at radius 1 is 1.02 bits per heavy atom. The summed E-state index contributed by atoms with van der Waals surface area (Å²) in [6.07, 6.45) is 2.93. The molecule has 0 aliphatic carbocycles. The van der Waals surface area contributed by atoms with E-state index in [1.54, 1.807) is 46.1 Å². The molecular weight excluding hydrogens is 560 g/mol. The summed E-state index contributed by atoms with van der Waals surface area (Å²) in [6, 6.07) is 16.8. The van der Waals surface area contributed by atoms with Crippen molar-refractivity contribution >= 4 is 55.7 Å². The number of hydrogen-bond donors (Lipinski definition) is 1. The van der Waals surface area contributed by atoms with Crippen molar-refractivity contribution in [3.8, 4) is 17.1 Å². The molecule has 1 aromatic carbocycles. The summed E-state index contributed by atoms with van der Waals surface area (Å²) in [5.74, 6) is 2.31. The van der Waals surface area contributed by atoms with Crippen molar-refractivity contribution in [3.05, 3.63) is 67.0 Å². The monoisotopic (exact) mass is 590 g/mol. The molecule has 0 atom stereocenters. The third-order valence-corrected chi connectivity index (χ3v) is 8.19. The van der Waals surface area contributed by atoms with Gasteiger partial charge in [0.05, 0.1) is 18.6 Å². The Kier molecular flexibility index (Phi) is 9.89. The standard InChI is InChI=1S/C27H24N6O4S2.C2H6/c34-27(30-11-16-38-39-21-8-1-2-9-28-21)36-19-6-3-5-18(17-19)24-31-22-20-7-4-10-29-26(20)37-23(22)25(32-24)33-12-14-35-15-13-33;1-2/h1-10,17H,11-16H2,(H,30,34);1-2H3. The fourth-order valence-corrected chi connectivity index (χ4v) is 5.90. The number of furan rings is 1. The summed E-state index contributed by atoms with van der Waals surface area (Å²) < 4.78 is 17.2. The van der Waals surface area contributed by atoms with Crippen LogP contribution in [0.5, 0.6) is 5.75 Å². The molecule has 0 saturated carbocycles. The van der Waals surface area contributed by atoms with Crippen LogP contribution < -0.4 is 15.0 Å². The first-order valence-electron chi connectivity index (χ1n) is 13.4. The van der Waals surface area contributed by atoms with Gasteiger partial charge in [0.2, 0.25) is 5.71 Å². The summed E-state index contributed by atoms with van der Waals surface area (Å²) in [4.78, 5) is 32.9. The number of anilines is 1. The van der Waals surface area contributed by atoms with Crippen LogP contribution in [-0.4, -0.2) is 64.6 Å². The van der Waals surface area contributed by atoms with Gasteiger partial charge in [-0.15, -0.1) is 0 Å². The Balaban J connectivity index is 0.00000165. The fraction of sp³-hybridized carbons (Fsp3) is 0.276. The number of hydrogen-bond acceptors (Lipinski definition) is 11. The number of nitrogens with one attached hydrogen (secondary N) is 1. The Morgan fingerprint density at radius 3 is 2.71 bits per heavy atom. The zero-order valence-electron chi connectivity index (χ0n) is 22.8. The third-order valence-electron chi connectivity index (χ3n) is 5.92. The van der Waals surface area contributed by atoms with Crippen molar-refractivity contribution in [1.82, 2.24) is 25.3 Å². The van der Waals surface area contributed by atoms with Crippen LogP contribution in [0.15, 0.2) is 76.4 Å². The highest BCUT2D eigenvalue weighted by molar-refractivity contribution is 8.76. The first-order chi connectivity index (χ1) is 20.2. The van der Waals surface area contributed by atoms with Gasteiger partial charge in [0, 0.05) is 43.3 Å². The predicted octanol–water partition coefficient (Wildman–Crippen LogP) is 6.22. The first kappa shape index (κ1) is 28.7. The van der Waals surface area contributed by atoms with Crippen molar-refractivity contribution in [3.63, 3.8) is 0 Å². The van der Waals surface area contributed by atoms with Crippen molar-refractivity contribution in [2.75, 3.05) is 43.5 Å². The van der Waals surface area contributed by atoms with E-state index < -0.39 is 6.09 Å². The maximum absolute atomic E-state index is 12.4. The van der Waals surface area contributed by atoms with Gasteiger partial charge in [-0.1, -0.05) is 42.8 Å². The molecule has 5 heterocycles. The van der Waals surface area contributed by atoms with Gasteiger partial charge in [-0.25, -0.2) is 24.7 Å². The van der Waals surface area contributed by atoms with Crippen LogP contribution in [0.25, 0.3) is 33.6 Å². The molecule has 1 fully saturated rings. The summed E-state index contributed by atoms with van der Waals surface area (Å²) in [5.41, 5.74) is 2.52. The fourth-order valence-electron chi connectivity index (χ4n) is 4.12. The molecular formula is C29H30N6O4S2. The van der Waals surface area contributed by atoms with Gasteiger partial charge in [-0.05, 0) is 47.2 Å². The number of carbonyl (C=O) groups excluding carboxylic acids is 1. The molecule has 0 spiro atoms. The zero-order valence-corrected chi connectivity index (χ0v) is 24.4. The maximum atomic E-state index is 12.4. The minimum Gasteiger partial charge on any atom is -0.432 e. The van der Waals surface area contributed by atoms with Crippen LogP contribution in [0.3, 0.4) is 0 Å². The largest absolute Gasteiger partial charge is 0.432 e. The molecule has 0 radical (unpaired) electrons. The van der Waals surface area contributed by atoms with Gasteiger partial charge in [-0.3, -0.25) is 0 Å². The Labute approximate surface area is 245 Å². The second-order valence-electron chi connectivity index (χ2n) is 8.52. The average molecular weight is 591 g/mol. The number of amides is 1. The number of fused-ring (bicyclic) bond motifs is 3. The Bertz CT molecular complexity index is 1590. The molecule has 212 valence electrons. The highest BCUT2D eigenvalue weighted by atomic mass is 33.1. The van der Waals surface area contributed by atoms with Crippen LogP contribution in [0.2, 0.25) is 0 Å². The van der Waals surface area contributed by atoms with E-state index in [-0.39, 0.29) is 0 Å². The van der Waals surface area contributed by atoms with Crippen LogP contribution in [0.1, 0.15) is 13.8 Å².